The average molecular weight is 456 g/mol. The highest BCUT2D eigenvalue weighted by atomic mass is 32.2. The number of carbonyl (C=O) groups is 1. The highest BCUT2D eigenvalue weighted by Gasteiger charge is 2.19. The molecule has 0 aliphatic carbocycles. The van der Waals surface area contributed by atoms with Crippen LogP contribution in [0.5, 0.6) is 5.75 Å². The number of methoxy groups -OCH3 is 1. The number of carbonyl (C=O) groups excluding carboxylic acids is 1. The second kappa shape index (κ2) is 11.2. The number of rotatable bonds is 10. The summed E-state index contributed by atoms with van der Waals surface area (Å²) in [5.41, 5.74) is 1.20. The Labute approximate surface area is 192 Å². The van der Waals surface area contributed by atoms with Crippen LogP contribution in [0.4, 0.5) is 5.69 Å². The molecule has 32 heavy (non-hydrogen) atoms. The lowest BCUT2D eigenvalue weighted by molar-refractivity contribution is -0.115. The van der Waals surface area contributed by atoms with Crippen molar-refractivity contribution >= 4 is 34.3 Å². The summed E-state index contributed by atoms with van der Waals surface area (Å²) in [6.45, 7) is 6.78. The highest BCUT2D eigenvalue weighted by Crippen LogP contribution is 2.24. The number of fused-ring (bicyclic) bond motifs is 1. The number of amides is 1. The molecule has 0 aliphatic rings. The molecule has 1 N–H and O–H groups in total. The quantitative estimate of drug-likeness (QED) is 0.278. The molecule has 3 aromatic rings. The van der Waals surface area contributed by atoms with E-state index in [2.05, 4.69) is 5.32 Å². The second-order valence-corrected chi connectivity index (χ2v) is 8.93. The van der Waals surface area contributed by atoms with Crippen LogP contribution < -0.4 is 15.6 Å². The lowest BCUT2D eigenvalue weighted by Gasteiger charge is -2.17. The zero-order valence-corrected chi connectivity index (χ0v) is 19.6. The molecule has 0 bridgehead atoms. The van der Waals surface area contributed by atoms with E-state index < -0.39 is 5.25 Å². The normalized spacial score (nSPS) is 12.2. The fraction of sp³-hybridized carbons (Fsp3) is 0.375. The van der Waals surface area contributed by atoms with Gasteiger partial charge in [-0.2, -0.15) is 0 Å². The van der Waals surface area contributed by atoms with Crippen molar-refractivity contribution in [2.24, 2.45) is 0 Å². The van der Waals surface area contributed by atoms with Gasteiger partial charge in [-0.25, -0.2) is 4.98 Å². The van der Waals surface area contributed by atoms with Crippen molar-refractivity contribution in [2.45, 2.75) is 50.2 Å². The number of thioether (sulfide) groups is 1. The Balaban J connectivity index is 1.79. The molecule has 8 heteroatoms. The summed E-state index contributed by atoms with van der Waals surface area (Å²) in [6.07, 6.45) is 0.815. The van der Waals surface area contributed by atoms with Crippen LogP contribution in [0, 0.1) is 0 Å². The van der Waals surface area contributed by atoms with Gasteiger partial charge in [0.2, 0.25) is 5.91 Å². The maximum Gasteiger partial charge on any atom is 0.262 e. The molecule has 1 heterocycles. The Bertz CT molecular complexity index is 1110. The van der Waals surface area contributed by atoms with E-state index in [1.165, 1.54) is 11.8 Å². The van der Waals surface area contributed by atoms with Gasteiger partial charge in [0.15, 0.2) is 5.16 Å². The minimum atomic E-state index is -0.455. The number of ether oxygens (including phenoxy) is 2. The van der Waals surface area contributed by atoms with Crippen molar-refractivity contribution < 1.29 is 14.3 Å². The minimum Gasteiger partial charge on any atom is -0.497 e. The van der Waals surface area contributed by atoms with Crippen LogP contribution in [0.3, 0.4) is 0 Å². The first-order valence-electron chi connectivity index (χ1n) is 10.6. The first-order chi connectivity index (χ1) is 15.4. The molecule has 7 nitrogen and oxygen atoms in total. The van der Waals surface area contributed by atoms with E-state index >= 15 is 0 Å². The molecule has 0 saturated carbocycles. The molecule has 0 aliphatic heterocycles. The van der Waals surface area contributed by atoms with Gasteiger partial charge in [0.1, 0.15) is 5.75 Å². The predicted octanol–water partition coefficient (Wildman–Crippen LogP) is 4.34. The first-order valence-corrected chi connectivity index (χ1v) is 11.5. The lowest BCUT2D eigenvalue weighted by Crippen LogP contribution is -2.27. The fourth-order valence-corrected chi connectivity index (χ4v) is 4.04. The Morgan fingerprint density at radius 3 is 2.53 bits per heavy atom. The molecule has 1 aromatic heterocycles. The number of hydrogen-bond acceptors (Lipinski definition) is 6. The van der Waals surface area contributed by atoms with Crippen LogP contribution in [0.15, 0.2) is 58.5 Å². The second-order valence-electron chi connectivity index (χ2n) is 7.62. The summed E-state index contributed by atoms with van der Waals surface area (Å²) < 4.78 is 12.4. The molecule has 2 aromatic carbocycles. The van der Waals surface area contributed by atoms with Gasteiger partial charge in [-0.3, -0.25) is 14.2 Å². The third-order valence-corrected chi connectivity index (χ3v) is 5.90. The first kappa shape index (κ1) is 23.8. The van der Waals surface area contributed by atoms with Crippen molar-refractivity contribution in [1.82, 2.24) is 9.55 Å². The van der Waals surface area contributed by atoms with Crippen molar-refractivity contribution in [3.8, 4) is 5.75 Å². The molecule has 1 unspecified atom stereocenters. The Morgan fingerprint density at radius 1 is 1.12 bits per heavy atom. The Morgan fingerprint density at radius 2 is 1.84 bits per heavy atom. The Kier molecular flexibility index (Phi) is 8.30. The van der Waals surface area contributed by atoms with Crippen molar-refractivity contribution in [3.63, 3.8) is 0 Å². The van der Waals surface area contributed by atoms with Gasteiger partial charge in [0.25, 0.3) is 5.56 Å². The molecule has 3 rings (SSSR count). The van der Waals surface area contributed by atoms with Crippen LogP contribution >= 0.6 is 11.8 Å². The van der Waals surface area contributed by atoms with Gasteiger partial charge in [-0.1, -0.05) is 23.9 Å². The number of nitrogens with one attached hydrogen (secondary N) is 1. The van der Waals surface area contributed by atoms with E-state index in [1.54, 1.807) is 48.9 Å². The van der Waals surface area contributed by atoms with Crippen LogP contribution in [0.25, 0.3) is 10.9 Å². The average Bonchev–Trinajstić information content (AvgIpc) is 2.78. The number of para-hydroxylation sites is 1. The minimum absolute atomic E-state index is 0.106. The van der Waals surface area contributed by atoms with Crippen molar-refractivity contribution in [1.29, 1.82) is 0 Å². The van der Waals surface area contributed by atoms with Crippen molar-refractivity contribution in [3.05, 3.63) is 58.9 Å². The topological polar surface area (TPSA) is 82.5 Å². The summed E-state index contributed by atoms with van der Waals surface area (Å²) in [5, 5.41) is 3.53. The highest BCUT2D eigenvalue weighted by molar-refractivity contribution is 8.00. The van der Waals surface area contributed by atoms with E-state index in [0.717, 1.165) is 5.75 Å². The molecule has 0 saturated heterocycles. The van der Waals surface area contributed by atoms with E-state index in [0.29, 0.717) is 41.3 Å². The summed E-state index contributed by atoms with van der Waals surface area (Å²) in [6, 6.07) is 14.4. The maximum absolute atomic E-state index is 13.1. The smallest absolute Gasteiger partial charge is 0.262 e. The summed E-state index contributed by atoms with van der Waals surface area (Å²) in [5.74, 6) is 0.550. The Hall–Kier alpha value is -2.84. The number of nitrogens with zero attached hydrogens (tertiary/aromatic N) is 2. The molecule has 0 spiro atoms. The van der Waals surface area contributed by atoms with Crippen LogP contribution in [0.1, 0.15) is 27.2 Å². The van der Waals surface area contributed by atoms with E-state index in [4.69, 9.17) is 14.5 Å². The van der Waals surface area contributed by atoms with Gasteiger partial charge in [-0.05, 0) is 63.6 Å². The largest absolute Gasteiger partial charge is 0.497 e. The molecular formula is C24H29N3O4S. The number of benzene rings is 2. The van der Waals surface area contributed by atoms with Gasteiger partial charge < -0.3 is 14.8 Å². The lowest BCUT2D eigenvalue weighted by atomic mass is 10.2. The maximum atomic E-state index is 13.1. The predicted molar refractivity (Wildman–Crippen MR) is 129 cm³/mol. The van der Waals surface area contributed by atoms with E-state index in [9.17, 15) is 9.59 Å². The molecular weight excluding hydrogens is 426 g/mol. The molecule has 170 valence electrons. The molecule has 1 atom stereocenters. The molecule has 0 fully saturated rings. The fourth-order valence-electron chi connectivity index (χ4n) is 3.11. The van der Waals surface area contributed by atoms with Gasteiger partial charge >= 0.3 is 0 Å². The number of aromatic nitrogens is 2. The zero-order valence-electron chi connectivity index (χ0n) is 18.8. The monoisotopic (exact) mass is 455 g/mol. The summed E-state index contributed by atoms with van der Waals surface area (Å²) >= 11 is 1.27. The van der Waals surface area contributed by atoms with Crippen LogP contribution in [-0.4, -0.2) is 40.5 Å². The summed E-state index contributed by atoms with van der Waals surface area (Å²) in [7, 11) is 1.59. The van der Waals surface area contributed by atoms with Crippen molar-refractivity contribution in [2.75, 3.05) is 19.0 Å². The molecule has 1 amide bonds. The number of hydrogen-bond donors (Lipinski definition) is 1. The number of anilines is 1. The van der Waals surface area contributed by atoms with E-state index in [1.807, 2.05) is 32.0 Å². The standard InChI is InChI=1S/C24H29N3O4S/c1-16(2)31-15-7-14-27-23(29)20-8-5-6-9-21(20)26-24(27)32-17(3)22(28)25-18-10-12-19(30-4)13-11-18/h5-6,8-13,16-17H,7,14-15H2,1-4H3,(H,25,28). The summed E-state index contributed by atoms with van der Waals surface area (Å²) in [4.78, 5) is 30.6. The van der Waals surface area contributed by atoms with Gasteiger partial charge in [0, 0.05) is 18.8 Å². The SMILES string of the molecule is COc1ccc(NC(=O)C(C)Sc2nc3ccccc3c(=O)n2CCCOC(C)C)cc1. The third-order valence-electron chi connectivity index (χ3n) is 4.81. The van der Waals surface area contributed by atoms with Crippen LogP contribution in [0.2, 0.25) is 0 Å². The zero-order chi connectivity index (χ0) is 23.1. The molecule has 0 radical (unpaired) electrons. The van der Waals surface area contributed by atoms with Gasteiger partial charge in [0.05, 0.1) is 29.4 Å². The third kappa shape index (κ3) is 6.11. The van der Waals surface area contributed by atoms with E-state index in [-0.39, 0.29) is 17.6 Å². The van der Waals surface area contributed by atoms with Crippen LogP contribution in [-0.2, 0) is 16.1 Å². The van der Waals surface area contributed by atoms with Gasteiger partial charge in [-0.15, -0.1) is 0 Å².